The molecule has 2 aromatic heterocycles. The molecule has 0 aromatic carbocycles. The first-order valence-electron chi connectivity index (χ1n) is 7.00. The summed E-state index contributed by atoms with van der Waals surface area (Å²) in [7, 11) is 0. The van der Waals surface area contributed by atoms with E-state index in [0.717, 1.165) is 28.6 Å². The van der Waals surface area contributed by atoms with Crippen molar-refractivity contribution in [1.82, 2.24) is 14.6 Å². The SMILES string of the molecule is O=C(NC1CN2CCC1C2)c1ccn2ccc(Br)c2c1. The molecule has 20 heavy (non-hydrogen) atoms. The molecule has 4 heterocycles. The number of piperidine rings is 1. The summed E-state index contributed by atoms with van der Waals surface area (Å²) in [6.45, 7) is 3.35. The van der Waals surface area contributed by atoms with Crippen LogP contribution < -0.4 is 5.32 Å². The minimum atomic E-state index is 0.0411. The molecule has 0 aliphatic carbocycles. The fourth-order valence-corrected chi connectivity index (χ4v) is 3.84. The van der Waals surface area contributed by atoms with Crippen LogP contribution in [0.1, 0.15) is 16.8 Å². The lowest BCUT2D eigenvalue weighted by atomic mass is 10.00. The molecule has 0 spiro atoms. The van der Waals surface area contributed by atoms with Gasteiger partial charge in [-0.2, -0.15) is 0 Å². The van der Waals surface area contributed by atoms with Gasteiger partial charge in [0.15, 0.2) is 0 Å². The fraction of sp³-hybridized carbons (Fsp3) is 0.400. The molecule has 5 heteroatoms. The summed E-state index contributed by atoms with van der Waals surface area (Å²) in [5.41, 5.74) is 1.75. The van der Waals surface area contributed by atoms with E-state index < -0.39 is 0 Å². The number of halogens is 1. The maximum absolute atomic E-state index is 12.4. The van der Waals surface area contributed by atoms with Gasteiger partial charge in [-0.25, -0.2) is 0 Å². The quantitative estimate of drug-likeness (QED) is 0.914. The van der Waals surface area contributed by atoms with Crippen LogP contribution in [0.15, 0.2) is 35.1 Å². The normalized spacial score (nSPS) is 28.1. The van der Waals surface area contributed by atoms with E-state index in [9.17, 15) is 4.79 Å². The van der Waals surface area contributed by atoms with Gasteiger partial charge < -0.3 is 14.6 Å². The third-order valence-corrected chi connectivity index (χ3v) is 5.19. The number of nitrogens with zero attached hydrogens (tertiary/aromatic N) is 2. The lowest BCUT2D eigenvalue weighted by Gasteiger charge is -2.23. The second-order valence-corrected chi connectivity index (χ2v) is 6.61. The lowest BCUT2D eigenvalue weighted by molar-refractivity contribution is 0.0924. The Labute approximate surface area is 125 Å². The predicted octanol–water partition coefficient (Wildman–Crippen LogP) is 2.14. The number of pyridine rings is 1. The Kier molecular flexibility index (Phi) is 2.86. The van der Waals surface area contributed by atoms with Crippen molar-refractivity contribution < 1.29 is 4.79 Å². The Morgan fingerprint density at radius 2 is 2.15 bits per heavy atom. The number of amides is 1. The van der Waals surface area contributed by atoms with Crippen LogP contribution in [-0.4, -0.2) is 40.9 Å². The lowest BCUT2D eigenvalue weighted by Crippen LogP contribution is -2.43. The van der Waals surface area contributed by atoms with E-state index >= 15 is 0 Å². The molecule has 2 aromatic rings. The first-order chi connectivity index (χ1) is 9.70. The molecule has 3 atom stereocenters. The van der Waals surface area contributed by atoms with Crippen LogP contribution in [0.2, 0.25) is 0 Å². The minimum absolute atomic E-state index is 0.0411. The number of hydrogen-bond donors (Lipinski definition) is 1. The molecule has 1 N–H and O–H groups in total. The van der Waals surface area contributed by atoms with Gasteiger partial charge in [0, 0.05) is 41.6 Å². The van der Waals surface area contributed by atoms with E-state index in [0.29, 0.717) is 12.0 Å². The second kappa shape index (κ2) is 4.60. The maximum atomic E-state index is 12.4. The molecule has 4 rings (SSSR count). The third-order valence-electron chi connectivity index (χ3n) is 4.52. The number of rotatable bonds is 2. The largest absolute Gasteiger partial charge is 0.348 e. The van der Waals surface area contributed by atoms with Crippen molar-refractivity contribution in [3.63, 3.8) is 0 Å². The highest BCUT2D eigenvalue weighted by atomic mass is 79.9. The van der Waals surface area contributed by atoms with Gasteiger partial charge in [0.2, 0.25) is 0 Å². The molecule has 2 bridgehead atoms. The number of aromatic nitrogens is 1. The molecule has 2 aliphatic heterocycles. The molecular weight excluding hydrogens is 318 g/mol. The molecule has 1 amide bonds. The van der Waals surface area contributed by atoms with Crippen LogP contribution in [0.4, 0.5) is 0 Å². The highest BCUT2D eigenvalue weighted by molar-refractivity contribution is 9.10. The van der Waals surface area contributed by atoms with E-state index in [1.165, 1.54) is 13.0 Å². The standard InChI is InChI=1S/C15H16BrN3O/c16-12-3-6-19-5-2-10(7-14(12)19)15(20)17-13-9-18-4-1-11(13)8-18/h2-3,5-7,11,13H,1,4,8-9H2,(H,17,20). The summed E-state index contributed by atoms with van der Waals surface area (Å²) in [6.07, 6.45) is 5.12. The number of hydrogen-bond acceptors (Lipinski definition) is 2. The van der Waals surface area contributed by atoms with Crippen molar-refractivity contribution in [1.29, 1.82) is 0 Å². The van der Waals surface area contributed by atoms with Crippen LogP contribution in [0, 0.1) is 5.92 Å². The topological polar surface area (TPSA) is 36.8 Å². The van der Waals surface area contributed by atoms with Crippen molar-refractivity contribution in [2.75, 3.05) is 19.6 Å². The average Bonchev–Trinajstić information content (AvgIpc) is 3.15. The van der Waals surface area contributed by atoms with E-state index in [-0.39, 0.29) is 5.91 Å². The number of nitrogens with one attached hydrogen (secondary N) is 1. The predicted molar refractivity (Wildman–Crippen MR) is 80.9 cm³/mol. The minimum Gasteiger partial charge on any atom is -0.348 e. The van der Waals surface area contributed by atoms with Gasteiger partial charge in [0.1, 0.15) is 0 Å². The molecule has 2 fully saturated rings. The van der Waals surface area contributed by atoms with Gasteiger partial charge in [-0.05, 0) is 53.0 Å². The smallest absolute Gasteiger partial charge is 0.251 e. The van der Waals surface area contributed by atoms with Crippen molar-refractivity contribution in [2.45, 2.75) is 12.5 Å². The first-order valence-corrected chi connectivity index (χ1v) is 7.79. The second-order valence-electron chi connectivity index (χ2n) is 5.76. The molecule has 104 valence electrons. The zero-order valence-corrected chi connectivity index (χ0v) is 12.6. The fourth-order valence-electron chi connectivity index (χ4n) is 3.40. The Hall–Kier alpha value is -1.33. The van der Waals surface area contributed by atoms with Crippen LogP contribution >= 0.6 is 15.9 Å². The van der Waals surface area contributed by atoms with Crippen molar-refractivity contribution in [3.8, 4) is 0 Å². The Balaban J connectivity index is 1.56. The number of fused-ring (bicyclic) bond motifs is 3. The zero-order chi connectivity index (χ0) is 13.7. The summed E-state index contributed by atoms with van der Waals surface area (Å²) in [5.74, 6) is 0.682. The Morgan fingerprint density at radius 3 is 2.90 bits per heavy atom. The van der Waals surface area contributed by atoms with E-state index in [4.69, 9.17) is 0 Å². The molecule has 3 unspecified atom stereocenters. The summed E-state index contributed by atoms with van der Waals surface area (Å²) in [4.78, 5) is 14.8. The van der Waals surface area contributed by atoms with Gasteiger partial charge >= 0.3 is 0 Å². The van der Waals surface area contributed by atoms with Crippen LogP contribution in [-0.2, 0) is 0 Å². The van der Waals surface area contributed by atoms with Gasteiger partial charge in [-0.3, -0.25) is 4.79 Å². The van der Waals surface area contributed by atoms with Gasteiger partial charge in [-0.1, -0.05) is 0 Å². The monoisotopic (exact) mass is 333 g/mol. The van der Waals surface area contributed by atoms with Crippen molar-refractivity contribution in [2.24, 2.45) is 5.92 Å². The summed E-state index contributed by atoms with van der Waals surface area (Å²) < 4.78 is 3.02. The van der Waals surface area contributed by atoms with Crippen molar-refractivity contribution in [3.05, 3.63) is 40.6 Å². The molecule has 2 aliphatic rings. The zero-order valence-electron chi connectivity index (χ0n) is 11.1. The first kappa shape index (κ1) is 12.4. The number of carbonyl (C=O) groups excluding carboxylic acids is 1. The highest BCUT2D eigenvalue weighted by Crippen LogP contribution is 2.28. The van der Waals surface area contributed by atoms with E-state index in [1.54, 1.807) is 0 Å². The van der Waals surface area contributed by atoms with Gasteiger partial charge in [0.25, 0.3) is 5.91 Å². The Morgan fingerprint density at radius 1 is 1.30 bits per heavy atom. The summed E-state index contributed by atoms with van der Waals surface area (Å²) in [5, 5.41) is 3.20. The average molecular weight is 334 g/mol. The van der Waals surface area contributed by atoms with Crippen LogP contribution in [0.5, 0.6) is 0 Å². The van der Waals surface area contributed by atoms with Crippen LogP contribution in [0.25, 0.3) is 5.52 Å². The van der Waals surface area contributed by atoms with Crippen molar-refractivity contribution >= 4 is 27.4 Å². The molecule has 2 saturated heterocycles. The molecule has 0 saturated carbocycles. The molecule has 4 nitrogen and oxygen atoms in total. The maximum Gasteiger partial charge on any atom is 0.251 e. The van der Waals surface area contributed by atoms with Gasteiger partial charge in [-0.15, -0.1) is 0 Å². The summed E-state index contributed by atoms with van der Waals surface area (Å²) >= 11 is 3.51. The van der Waals surface area contributed by atoms with E-state index in [1.807, 2.05) is 35.0 Å². The van der Waals surface area contributed by atoms with Gasteiger partial charge in [0.05, 0.1) is 5.52 Å². The third kappa shape index (κ3) is 1.96. The van der Waals surface area contributed by atoms with Crippen LogP contribution in [0.3, 0.4) is 0 Å². The highest BCUT2D eigenvalue weighted by Gasteiger charge is 2.38. The number of carbonyl (C=O) groups is 1. The summed E-state index contributed by atoms with van der Waals surface area (Å²) in [6, 6.07) is 6.12. The van der Waals surface area contributed by atoms with E-state index in [2.05, 4.69) is 26.1 Å². The molecular formula is C15H16BrN3O. The Bertz CT molecular complexity index is 681. The molecule has 0 radical (unpaired) electrons.